The molecule has 2 heterocycles. The first kappa shape index (κ1) is 19.5. The summed E-state index contributed by atoms with van der Waals surface area (Å²) in [7, 11) is 0. The van der Waals surface area contributed by atoms with Crippen LogP contribution in [0.15, 0.2) is 42.6 Å². The van der Waals surface area contributed by atoms with Gasteiger partial charge in [-0.15, -0.1) is 11.3 Å². The van der Waals surface area contributed by atoms with Gasteiger partial charge in [0.15, 0.2) is 5.82 Å². The molecule has 4 aromatic rings. The van der Waals surface area contributed by atoms with Crippen LogP contribution in [0.2, 0.25) is 0 Å². The van der Waals surface area contributed by atoms with Crippen LogP contribution in [0.4, 0.5) is 20.2 Å². The number of aryl methyl sites for hydroxylation is 1. The van der Waals surface area contributed by atoms with E-state index in [4.69, 9.17) is 0 Å². The molecule has 156 valence electrons. The molecule has 31 heavy (non-hydrogen) atoms. The summed E-state index contributed by atoms with van der Waals surface area (Å²) < 4.78 is 29.2. The zero-order valence-electron chi connectivity index (χ0n) is 16.4. The second-order valence-corrected chi connectivity index (χ2v) is 8.54. The predicted molar refractivity (Wildman–Crippen MR) is 116 cm³/mol. The molecule has 1 fully saturated rings. The number of fused-ring (bicyclic) bond motifs is 1. The van der Waals surface area contributed by atoms with Crippen LogP contribution in [0.25, 0.3) is 21.6 Å². The van der Waals surface area contributed by atoms with E-state index >= 15 is 0 Å². The van der Waals surface area contributed by atoms with Crippen LogP contribution >= 0.6 is 11.3 Å². The molecule has 0 radical (unpaired) electrons. The lowest BCUT2D eigenvalue weighted by molar-refractivity contribution is 0.102. The molecule has 2 N–H and O–H groups in total. The maximum atomic E-state index is 14.1. The van der Waals surface area contributed by atoms with Gasteiger partial charge in [-0.3, -0.25) is 4.79 Å². The Balaban J connectivity index is 1.49. The van der Waals surface area contributed by atoms with Crippen molar-refractivity contribution < 1.29 is 13.6 Å². The van der Waals surface area contributed by atoms with Crippen molar-refractivity contribution >= 4 is 38.8 Å². The third-order valence-corrected chi connectivity index (χ3v) is 5.85. The minimum atomic E-state index is -0.794. The van der Waals surface area contributed by atoms with Crippen molar-refractivity contribution in [2.24, 2.45) is 0 Å². The number of hydrogen-bond acceptors (Lipinski definition) is 6. The number of carbonyl (C=O) groups is 1. The van der Waals surface area contributed by atoms with Gasteiger partial charge in [0, 0.05) is 12.2 Å². The summed E-state index contributed by atoms with van der Waals surface area (Å²) in [6.07, 6.45) is 3.44. The van der Waals surface area contributed by atoms with Gasteiger partial charge < -0.3 is 10.6 Å². The number of anilines is 2. The fourth-order valence-electron chi connectivity index (χ4n) is 3.29. The summed E-state index contributed by atoms with van der Waals surface area (Å²) >= 11 is 1.58. The zero-order valence-corrected chi connectivity index (χ0v) is 17.3. The molecule has 1 amide bonds. The van der Waals surface area contributed by atoms with E-state index in [2.05, 4.69) is 25.6 Å². The number of rotatable bonds is 5. The Morgan fingerprint density at radius 1 is 1.10 bits per heavy atom. The van der Waals surface area contributed by atoms with Gasteiger partial charge in [-0.1, -0.05) is 6.07 Å². The topological polar surface area (TPSA) is 79.8 Å². The molecule has 2 aromatic heterocycles. The molecule has 1 aliphatic carbocycles. The van der Waals surface area contributed by atoms with Crippen molar-refractivity contribution in [1.82, 2.24) is 15.0 Å². The molecule has 0 unspecified atom stereocenters. The maximum absolute atomic E-state index is 14.1. The summed E-state index contributed by atoms with van der Waals surface area (Å²) in [5.41, 5.74) is 1.79. The van der Waals surface area contributed by atoms with Crippen LogP contribution in [0, 0.1) is 18.6 Å². The highest BCUT2D eigenvalue weighted by Gasteiger charge is 2.25. The third kappa shape index (κ3) is 3.84. The minimum Gasteiger partial charge on any atom is -0.379 e. The molecule has 0 bridgehead atoms. The van der Waals surface area contributed by atoms with Gasteiger partial charge in [-0.05, 0) is 50.1 Å². The first-order valence-electron chi connectivity index (χ1n) is 9.75. The van der Waals surface area contributed by atoms with E-state index in [-0.39, 0.29) is 17.1 Å². The molecular formula is C22H17F2N5OS. The van der Waals surface area contributed by atoms with Gasteiger partial charge in [-0.25, -0.2) is 23.7 Å². The fraction of sp³-hybridized carbons (Fsp3) is 0.182. The largest absolute Gasteiger partial charge is 0.379 e. The molecule has 0 saturated heterocycles. The van der Waals surface area contributed by atoms with Crippen molar-refractivity contribution in [3.05, 3.63) is 64.9 Å². The first-order chi connectivity index (χ1) is 15.0. The van der Waals surface area contributed by atoms with Crippen LogP contribution in [0.3, 0.4) is 0 Å². The number of nitrogens with one attached hydrogen (secondary N) is 2. The average Bonchev–Trinajstić information content (AvgIpc) is 3.48. The Bertz CT molecular complexity index is 1300. The van der Waals surface area contributed by atoms with Crippen molar-refractivity contribution in [1.29, 1.82) is 0 Å². The number of benzene rings is 2. The Hall–Kier alpha value is -3.46. The highest BCUT2D eigenvalue weighted by Crippen LogP contribution is 2.37. The van der Waals surface area contributed by atoms with Crippen LogP contribution in [0.5, 0.6) is 0 Å². The molecule has 9 heteroatoms. The van der Waals surface area contributed by atoms with Crippen molar-refractivity contribution in [3.63, 3.8) is 0 Å². The van der Waals surface area contributed by atoms with Crippen molar-refractivity contribution in [3.8, 4) is 11.4 Å². The number of hydrogen-bond donors (Lipinski definition) is 2. The molecule has 6 nitrogen and oxygen atoms in total. The lowest BCUT2D eigenvalue weighted by Gasteiger charge is -2.13. The number of carbonyl (C=O) groups excluding carboxylic acids is 1. The Morgan fingerprint density at radius 2 is 1.87 bits per heavy atom. The van der Waals surface area contributed by atoms with Gasteiger partial charge >= 0.3 is 0 Å². The van der Waals surface area contributed by atoms with E-state index in [0.717, 1.165) is 45.9 Å². The van der Waals surface area contributed by atoms with E-state index in [9.17, 15) is 13.6 Å². The molecule has 2 aromatic carbocycles. The van der Waals surface area contributed by atoms with E-state index in [1.54, 1.807) is 11.3 Å². The maximum Gasteiger partial charge on any atom is 0.274 e. The van der Waals surface area contributed by atoms with Crippen LogP contribution in [-0.4, -0.2) is 26.9 Å². The summed E-state index contributed by atoms with van der Waals surface area (Å²) in [6, 6.07) is 8.99. The quantitative estimate of drug-likeness (QED) is 0.451. The average molecular weight is 437 g/mol. The standard InChI is InChI=1S/C22H17F2N5OS/c1-11-26-20-17(31-11)8-7-15(19(20)27-12-5-6-12)29-22(30)16-9-10-25-21(28-16)18-13(23)3-2-4-14(18)24/h2-4,7-10,12,27H,5-6H2,1H3,(H,29,30). The normalized spacial score (nSPS) is 13.4. The van der Waals surface area contributed by atoms with Crippen LogP contribution < -0.4 is 10.6 Å². The second kappa shape index (κ2) is 7.66. The molecule has 1 saturated carbocycles. The fourth-order valence-corrected chi connectivity index (χ4v) is 4.13. The summed E-state index contributed by atoms with van der Waals surface area (Å²) in [5, 5.41) is 7.24. The van der Waals surface area contributed by atoms with Crippen molar-refractivity contribution in [2.45, 2.75) is 25.8 Å². The molecular weight excluding hydrogens is 420 g/mol. The Morgan fingerprint density at radius 3 is 2.61 bits per heavy atom. The number of nitrogens with zero attached hydrogens (tertiary/aromatic N) is 3. The number of thiazole rings is 1. The summed E-state index contributed by atoms with van der Waals surface area (Å²) in [5.74, 6) is -2.29. The monoisotopic (exact) mass is 437 g/mol. The Labute approximate surface area is 180 Å². The van der Waals surface area contributed by atoms with Gasteiger partial charge in [0.05, 0.1) is 26.6 Å². The molecule has 1 aliphatic rings. The van der Waals surface area contributed by atoms with Gasteiger partial charge in [0.2, 0.25) is 0 Å². The van der Waals surface area contributed by atoms with Gasteiger partial charge in [0.1, 0.15) is 22.8 Å². The van der Waals surface area contributed by atoms with Gasteiger partial charge in [0.25, 0.3) is 5.91 Å². The van der Waals surface area contributed by atoms with Crippen molar-refractivity contribution in [2.75, 3.05) is 10.6 Å². The second-order valence-electron chi connectivity index (χ2n) is 7.30. The van der Waals surface area contributed by atoms with Crippen LogP contribution in [0.1, 0.15) is 28.3 Å². The van der Waals surface area contributed by atoms with Crippen LogP contribution in [-0.2, 0) is 0 Å². The lowest BCUT2D eigenvalue weighted by Crippen LogP contribution is -2.16. The summed E-state index contributed by atoms with van der Waals surface area (Å²) in [6.45, 7) is 1.94. The highest BCUT2D eigenvalue weighted by atomic mass is 32.1. The number of amides is 1. The lowest BCUT2D eigenvalue weighted by atomic mass is 10.2. The predicted octanol–water partition coefficient (Wildman–Crippen LogP) is 5.17. The Kier molecular flexibility index (Phi) is 4.82. The minimum absolute atomic E-state index is 0.000389. The van der Waals surface area contributed by atoms with E-state index in [0.29, 0.717) is 11.7 Å². The van der Waals surface area contributed by atoms with E-state index in [1.165, 1.54) is 18.3 Å². The highest BCUT2D eigenvalue weighted by molar-refractivity contribution is 7.18. The number of aromatic nitrogens is 3. The smallest absolute Gasteiger partial charge is 0.274 e. The zero-order chi connectivity index (χ0) is 21.5. The van der Waals surface area contributed by atoms with E-state index in [1.807, 2.05) is 19.1 Å². The SMILES string of the molecule is Cc1nc2c(NC3CC3)c(NC(=O)c3ccnc(-c4c(F)cccc4F)n3)ccc2s1. The molecule has 5 rings (SSSR count). The summed E-state index contributed by atoms with van der Waals surface area (Å²) in [4.78, 5) is 25.6. The van der Waals surface area contributed by atoms with E-state index < -0.39 is 17.5 Å². The molecule has 0 aliphatic heterocycles. The molecule has 0 spiro atoms. The third-order valence-electron chi connectivity index (χ3n) is 4.92. The van der Waals surface area contributed by atoms with Gasteiger partial charge in [-0.2, -0.15) is 0 Å². The first-order valence-corrected chi connectivity index (χ1v) is 10.6. The molecule has 0 atom stereocenters. The number of halogens is 2.